The second-order valence-corrected chi connectivity index (χ2v) is 4.99. The molecule has 0 saturated carbocycles. The van der Waals surface area contributed by atoms with E-state index in [9.17, 15) is 9.59 Å². The SMILES string of the molecule is CCNC(=O)CCN1C(=O)CCCc2cc(N)ccc21. The van der Waals surface area contributed by atoms with E-state index in [1.165, 1.54) is 0 Å². The van der Waals surface area contributed by atoms with Crippen molar-refractivity contribution in [2.75, 3.05) is 23.7 Å². The van der Waals surface area contributed by atoms with E-state index in [0.29, 0.717) is 31.6 Å². The van der Waals surface area contributed by atoms with Crippen molar-refractivity contribution in [3.63, 3.8) is 0 Å². The maximum absolute atomic E-state index is 12.2. The molecule has 0 unspecified atom stereocenters. The number of amides is 2. The van der Waals surface area contributed by atoms with Crippen molar-refractivity contribution in [2.24, 2.45) is 0 Å². The molecular formula is C15H21N3O2. The number of nitrogens with two attached hydrogens (primary N) is 1. The Balaban J connectivity index is 2.17. The summed E-state index contributed by atoms with van der Waals surface area (Å²) in [6, 6.07) is 5.61. The van der Waals surface area contributed by atoms with E-state index in [4.69, 9.17) is 5.73 Å². The molecule has 0 bridgehead atoms. The van der Waals surface area contributed by atoms with Gasteiger partial charge in [-0.05, 0) is 43.5 Å². The molecule has 0 spiro atoms. The van der Waals surface area contributed by atoms with Crippen LogP contribution in [0.4, 0.5) is 11.4 Å². The Morgan fingerprint density at radius 2 is 2.20 bits per heavy atom. The van der Waals surface area contributed by atoms with E-state index in [2.05, 4.69) is 5.32 Å². The molecule has 1 aliphatic heterocycles. The van der Waals surface area contributed by atoms with E-state index in [-0.39, 0.29) is 11.8 Å². The number of nitrogen functional groups attached to an aromatic ring is 1. The molecule has 20 heavy (non-hydrogen) atoms. The lowest BCUT2D eigenvalue weighted by molar-refractivity contribution is -0.121. The van der Waals surface area contributed by atoms with Crippen molar-refractivity contribution in [1.29, 1.82) is 0 Å². The number of benzene rings is 1. The second kappa shape index (κ2) is 6.41. The number of fused-ring (bicyclic) bond motifs is 1. The molecule has 5 heteroatoms. The lowest BCUT2D eigenvalue weighted by atomic mass is 10.1. The molecule has 5 nitrogen and oxygen atoms in total. The van der Waals surface area contributed by atoms with Crippen LogP contribution >= 0.6 is 0 Å². The van der Waals surface area contributed by atoms with Crippen LogP contribution in [0.15, 0.2) is 18.2 Å². The molecule has 0 fully saturated rings. The smallest absolute Gasteiger partial charge is 0.227 e. The summed E-state index contributed by atoms with van der Waals surface area (Å²) in [7, 11) is 0. The average Bonchev–Trinajstić information content (AvgIpc) is 2.55. The van der Waals surface area contributed by atoms with Crippen molar-refractivity contribution in [3.05, 3.63) is 23.8 Å². The lowest BCUT2D eigenvalue weighted by Gasteiger charge is -2.23. The summed E-state index contributed by atoms with van der Waals surface area (Å²) in [6.45, 7) is 2.91. The molecule has 0 saturated heterocycles. The monoisotopic (exact) mass is 275 g/mol. The largest absolute Gasteiger partial charge is 0.399 e. The lowest BCUT2D eigenvalue weighted by Crippen LogP contribution is -2.34. The predicted molar refractivity (Wildman–Crippen MR) is 79.4 cm³/mol. The minimum atomic E-state index is -0.0264. The summed E-state index contributed by atoms with van der Waals surface area (Å²) in [6.07, 6.45) is 2.52. The number of carbonyl (C=O) groups is 2. The number of carbonyl (C=O) groups excluding carboxylic acids is 2. The van der Waals surface area contributed by atoms with Crippen LogP contribution in [-0.4, -0.2) is 24.9 Å². The van der Waals surface area contributed by atoms with Crippen molar-refractivity contribution < 1.29 is 9.59 Å². The molecule has 1 heterocycles. The first-order chi connectivity index (χ1) is 9.61. The number of rotatable bonds is 4. The van der Waals surface area contributed by atoms with Crippen LogP contribution in [0.2, 0.25) is 0 Å². The molecule has 0 aliphatic carbocycles. The summed E-state index contributed by atoms with van der Waals surface area (Å²) >= 11 is 0. The van der Waals surface area contributed by atoms with Gasteiger partial charge in [0.15, 0.2) is 0 Å². The van der Waals surface area contributed by atoms with Gasteiger partial charge in [-0.25, -0.2) is 0 Å². The van der Waals surface area contributed by atoms with Gasteiger partial charge in [0, 0.05) is 37.3 Å². The van der Waals surface area contributed by atoms with Crippen molar-refractivity contribution in [3.8, 4) is 0 Å². The molecule has 3 N–H and O–H groups in total. The van der Waals surface area contributed by atoms with Gasteiger partial charge in [0.2, 0.25) is 11.8 Å². The van der Waals surface area contributed by atoms with E-state index in [1.807, 2.05) is 19.1 Å². The van der Waals surface area contributed by atoms with Crippen LogP contribution in [0.5, 0.6) is 0 Å². The Bertz CT molecular complexity index is 514. The third-order valence-corrected chi connectivity index (χ3v) is 3.47. The van der Waals surface area contributed by atoms with Gasteiger partial charge < -0.3 is 16.0 Å². The van der Waals surface area contributed by atoms with Crippen LogP contribution in [0.25, 0.3) is 0 Å². The molecule has 1 aliphatic rings. The Kier molecular flexibility index (Phi) is 4.61. The Morgan fingerprint density at radius 1 is 1.40 bits per heavy atom. The summed E-state index contributed by atoms with van der Waals surface area (Å²) in [5.74, 6) is 0.0550. The van der Waals surface area contributed by atoms with Gasteiger partial charge in [0.1, 0.15) is 0 Å². The van der Waals surface area contributed by atoms with Gasteiger partial charge in [0.05, 0.1) is 0 Å². The molecular weight excluding hydrogens is 254 g/mol. The number of aryl methyl sites for hydroxylation is 1. The summed E-state index contributed by atoms with van der Waals surface area (Å²) in [4.78, 5) is 25.5. The van der Waals surface area contributed by atoms with Gasteiger partial charge in [-0.2, -0.15) is 0 Å². The van der Waals surface area contributed by atoms with Gasteiger partial charge in [0.25, 0.3) is 0 Å². The number of nitrogens with one attached hydrogen (secondary N) is 1. The zero-order chi connectivity index (χ0) is 14.5. The van der Waals surface area contributed by atoms with Crippen LogP contribution in [0.1, 0.15) is 31.7 Å². The third-order valence-electron chi connectivity index (χ3n) is 3.47. The number of hydrogen-bond donors (Lipinski definition) is 2. The topological polar surface area (TPSA) is 75.4 Å². The Hall–Kier alpha value is -2.04. The molecule has 0 atom stereocenters. The van der Waals surface area contributed by atoms with Gasteiger partial charge in [-0.1, -0.05) is 0 Å². The fourth-order valence-electron chi connectivity index (χ4n) is 2.51. The molecule has 108 valence electrons. The van der Waals surface area contributed by atoms with E-state index >= 15 is 0 Å². The van der Waals surface area contributed by atoms with Crippen LogP contribution in [-0.2, 0) is 16.0 Å². The van der Waals surface area contributed by atoms with Crippen LogP contribution in [0.3, 0.4) is 0 Å². The Labute approximate surface area is 119 Å². The van der Waals surface area contributed by atoms with Crippen molar-refractivity contribution in [2.45, 2.75) is 32.6 Å². The molecule has 2 amide bonds. The van der Waals surface area contributed by atoms with Crippen molar-refractivity contribution >= 4 is 23.2 Å². The van der Waals surface area contributed by atoms with Crippen molar-refractivity contribution in [1.82, 2.24) is 5.32 Å². The highest BCUT2D eigenvalue weighted by atomic mass is 16.2. The van der Waals surface area contributed by atoms with Gasteiger partial charge in [-0.3, -0.25) is 9.59 Å². The minimum Gasteiger partial charge on any atom is -0.399 e. The van der Waals surface area contributed by atoms with Gasteiger partial charge >= 0.3 is 0 Å². The normalized spacial score (nSPS) is 14.7. The summed E-state index contributed by atoms with van der Waals surface area (Å²) in [5, 5.41) is 2.75. The highest BCUT2D eigenvalue weighted by molar-refractivity contribution is 5.95. The second-order valence-electron chi connectivity index (χ2n) is 4.99. The standard InChI is InChI=1S/C15H21N3O2/c1-2-17-14(19)8-9-18-13-7-6-12(16)10-11(13)4-3-5-15(18)20/h6-7,10H,2-5,8-9,16H2,1H3,(H,17,19). The zero-order valence-electron chi connectivity index (χ0n) is 11.8. The zero-order valence-corrected chi connectivity index (χ0v) is 11.8. The van der Waals surface area contributed by atoms with Crippen LogP contribution in [0, 0.1) is 0 Å². The Morgan fingerprint density at radius 3 is 2.95 bits per heavy atom. The first-order valence-electron chi connectivity index (χ1n) is 7.07. The molecule has 1 aromatic rings. The maximum atomic E-state index is 12.2. The van der Waals surface area contributed by atoms with E-state index in [0.717, 1.165) is 24.1 Å². The number of anilines is 2. The first kappa shape index (κ1) is 14.4. The highest BCUT2D eigenvalue weighted by Crippen LogP contribution is 2.28. The van der Waals surface area contributed by atoms with Gasteiger partial charge in [-0.15, -0.1) is 0 Å². The quantitative estimate of drug-likeness (QED) is 0.817. The number of nitrogens with zero attached hydrogens (tertiary/aromatic N) is 1. The van der Waals surface area contributed by atoms with E-state index in [1.54, 1.807) is 11.0 Å². The fraction of sp³-hybridized carbons (Fsp3) is 0.467. The molecule has 2 rings (SSSR count). The minimum absolute atomic E-state index is 0.0264. The summed E-state index contributed by atoms with van der Waals surface area (Å²) < 4.78 is 0. The summed E-state index contributed by atoms with van der Waals surface area (Å²) in [5.41, 5.74) is 8.50. The molecule has 0 radical (unpaired) electrons. The average molecular weight is 275 g/mol. The molecule has 1 aromatic carbocycles. The van der Waals surface area contributed by atoms with E-state index < -0.39 is 0 Å². The predicted octanol–water partition coefficient (Wildman–Crippen LogP) is 1.46. The third kappa shape index (κ3) is 3.29. The molecule has 0 aromatic heterocycles. The van der Waals surface area contributed by atoms with Crippen LogP contribution < -0.4 is 16.0 Å². The number of hydrogen-bond acceptors (Lipinski definition) is 3. The first-order valence-corrected chi connectivity index (χ1v) is 7.07. The maximum Gasteiger partial charge on any atom is 0.227 e. The fourth-order valence-corrected chi connectivity index (χ4v) is 2.51. The highest BCUT2D eigenvalue weighted by Gasteiger charge is 2.22.